The van der Waals surface area contributed by atoms with Crippen LogP contribution in [0.3, 0.4) is 0 Å². The molecule has 55 heavy (non-hydrogen) atoms. The van der Waals surface area contributed by atoms with Gasteiger partial charge < -0.3 is 20.3 Å². The summed E-state index contributed by atoms with van der Waals surface area (Å²) < 4.78 is 5.45. The van der Waals surface area contributed by atoms with Gasteiger partial charge in [0.05, 0.1) is 25.4 Å². The predicted octanol–water partition coefficient (Wildman–Crippen LogP) is 14.2. The van der Waals surface area contributed by atoms with Crippen molar-refractivity contribution in [1.29, 1.82) is 0 Å². The van der Waals surface area contributed by atoms with Crippen LogP contribution >= 0.6 is 0 Å². The second-order valence-electron chi connectivity index (χ2n) is 16.8. The summed E-state index contributed by atoms with van der Waals surface area (Å²) in [6, 6.07) is -0.556. The van der Waals surface area contributed by atoms with Crippen molar-refractivity contribution in [3.63, 3.8) is 0 Å². The SMILES string of the molecule is CCCCCCCCC/C=C\CCCCCCCC(=O)OCCCCCCCCCCCCC(=O)NC(CO)C(O)CCCCCCCCCCCCCC. The van der Waals surface area contributed by atoms with Crippen LogP contribution in [0.1, 0.15) is 264 Å². The summed E-state index contributed by atoms with van der Waals surface area (Å²) in [7, 11) is 0. The Balaban J connectivity index is 3.47. The number of unbranched alkanes of at least 4 members (excludes halogenated alkanes) is 32. The lowest BCUT2D eigenvalue weighted by Crippen LogP contribution is -2.45. The first-order chi connectivity index (χ1) is 27.0. The van der Waals surface area contributed by atoms with Gasteiger partial charge in [-0.05, 0) is 51.4 Å². The second-order valence-corrected chi connectivity index (χ2v) is 16.8. The quantitative estimate of drug-likeness (QED) is 0.0325. The van der Waals surface area contributed by atoms with Crippen molar-refractivity contribution >= 4 is 11.9 Å². The molecule has 326 valence electrons. The molecule has 0 fully saturated rings. The zero-order chi connectivity index (χ0) is 40.1. The summed E-state index contributed by atoms with van der Waals surface area (Å²) in [4.78, 5) is 24.4. The molecular formula is C49H95NO5. The Kier molecular flexibility index (Phi) is 44.2. The maximum absolute atomic E-state index is 12.4. The number of hydrogen-bond donors (Lipinski definition) is 3. The van der Waals surface area contributed by atoms with Gasteiger partial charge in [-0.25, -0.2) is 0 Å². The molecular weight excluding hydrogens is 683 g/mol. The van der Waals surface area contributed by atoms with Gasteiger partial charge in [0.15, 0.2) is 0 Å². The number of ether oxygens (including phenoxy) is 1. The molecule has 0 heterocycles. The topological polar surface area (TPSA) is 95.9 Å². The van der Waals surface area contributed by atoms with Crippen LogP contribution in [0, 0.1) is 0 Å². The van der Waals surface area contributed by atoms with E-state index in [9.17, 15) is 19.8 Å². The predicted molar refractivity (Wildman–Crippen MR) is 237 cm³/mol. The summed E-state index contributed by atoms with van der Waals surface area (Å²) in [6.45, 7) is 4.89. The zero-order valence-corrected chi connectivity index (χ0v) is 36.9. The lowest BCUT2D eigenvalue weighted by atomic mass is 10.0. The molecule has 0 aromatic heterocycles. The van der Waals surface area contributed by atoms with Gasteiger partial charge in [-0.1, -0.05) is 212 Å². The molecule has 0 saturated carbocycles. The molecule has 0 rings (SSSR count). The Bertz CT molecular complexity index is 817. The maximum Gasteiger partial charge on any atom is 0.305 e. The first-order valence-electron chi connectivity index (χ1n) is 24.4. The molecule has 2 atom stereocenters. The Labute approximate surface area is 342 Å². The highest BCUT2D eigenvalue weighted by molar-refractivity contribution is 5.76. The molecule has 1 amide bonds. The number of carbonyl (C=O) groups excluding carboxylic acids is 2. The number of amides is 1. The fourth-order valence-electron chi connectivity index (χ4n) is 7.51. The van der Waals surface area contributed by atoms with Crippen LogP contribution in [-0.2, 0) is 14.3 Å². The summed E-state index contributed by atoms with van der Waals surface area (Å²) in [6.07, 6.45) is 50.2. The Morgan fingerprint density at radius 3 is 1.29 bits per heavy atom. The molecule has 3 N–H and O–H groups in total. The van der Waals surface area contributed by atoms with E-state index in [4.69, 9.17) is 4.74 Å². The fourth-order valence-corrected chi connectivity index (χ4v) is 7.51. The van der Waals surface area contributed by atoms with Crippen molar-refractivity contribution in [2.45, 2.75) is 276 Å². The lowest BCUT2D eigenvalue weighted by molar-refractivity contribution is -0.143. The van der Waals surface area contributed by atoms with E-state index in [1.807, 2.05) is 0 Å². The molecule has 0 saturated heterocycles. The molecule has 6 heteroatoms. The van der Waals surface area contributed by atoms with E-state index in [0.29, 0.717) is 25.9 Å². The van der Waals surface area contributed by atoms with Crippen LogP contribution in [-0.4, -0.2) is 47.4 Å². The molecule has 6 nitrogen and oxygen atoms in total. The van der Waals surface area contributed by atoms with Crippen LogP contribution in [0.5, 0.6) is 0 Å². The van der Waals surface area contributed by atoms with E-state index >= 15 is 0 Å². The van der Waals surface area contributed by atoms with Gasteiger partial charge in [-0.15, -0.1) is 0 Å². The highest BCUT2D eigenvalue weighted by Gasteiger charge is 2.20. The summed E-state index contributed by atoms with van der Waals surface area (Å²) in [5, 5.41) is 23.1. The first kappa shape index (κ1) is 53.6. The largest absolute Gasteiger partial charge is 0.466 e. The zero-order valence-electron chi connectivity index (χ0n) is 36.9. The van der Waals surface area contributed by atoms with Crippen molar-refractivity contribution in [1.82, 2.24) is 5.32 Å². The van der Waals surface area contributed by atoms with Crippen LogP contribution in [0.15, 0.2) is 12.2 Å². The van der Waals surface area contributed by atoms with Gasteiger partial charge in [0.1, 0.15) is 0 Å². The van der Waals surface area contributed by atoms with Crippen LogP contribution < -0.4 is 5.32 Å². The number of aliphatic hydroxyl groups excluding tert-OH is 2. The molecule has 0 bridgehead atoms. The third-order valence-electron chi connectivity index (χ3n) is 11.3. The Morgan fingerprint density at radius 2 is 0.855 bits per heavy atom. The minimum atomic E-state index is -0.677. The Morgan fingerprint density at radius 1 is 0.491 bits per heavy atom. The van der Waals surface area contributed by atoms with Gasteiger partial charge in [-0.3, -0.25) is 9.59 Å². The number of nitrogens with one attached hydrogen (secondary N) is 1. The normalized spacial score (nSPS) is 12.7. The fraction of sp³-hybridized carbons (Fsp3) is 0.918. The van der Waals surface area contributed by atoms with E-state index < -0.39 is 12.1 Å². The standard InChI is InChI=1S/C49H95NO5/c1-3-5-7-9-11-13-15-17-18-19-20-22-27-31-35-39-43-49(54)55-44-40-36-32-28-24-23-26-30-34-38-42-48(53)50-46(45-51)47(52)41-37-33-29-25-21-16-14-12-10-8-6-4-2/h18-19,46-47,51-52H,3-17,20-45H2,1-2H3,(H,50,53)/b19-18-. The average Bonchev–Trinajstić information content (AvgIpc) is 3.18. The molecule has 2 unspecified atom stereocenters. The van der Waals surface area contributed by atoms with Crippen LogP contribution in [0.2, 0.25) is 0 Å². The van der Waals surface area contributed by atoms with E-state index in [1.54, 1.807) is 0 Å². The molecule has 0 spiro atoms. The molecule has 0 aliphatic rings. The number of aliphatic hydroxyl groups is 2. The summed E-state index contributed by atoms with van der Waals surface area (Å²) in [5.74, 6) is -0.0849. The van der Waals surface area contributed by atoms with Gasteiger partial charge in [-0.2, -0.15) is 0 Å². The third kappa shape index (κ3) is 42.0. The van der Waals surface area contributed by atoms with Crippen molar-refractivity contribution in [2.24, 2.45) is 0 Å². The average molecular weight is 778 g/mol. The van der Waals surface area contributed by atoms with Crippen molar-refractivity contribution in [2.75, 3.05) is 13.2 Å². The second kappa shape index (κ2) is 45.3. The highest BCUT2D eigenvalue weighted by Crippen LogP contribution is 2.16. The van der Waals surface area contributed by atoms with Gasteiger partial charge in [0.25, 0.3) is 0 Å². The van der Waals surface area contributed by atoms with Crippen molar-refractivity contribution < 1.29 is 24.5 Å². The van der Waals surface area contributed by atoms with Gasteiger partial charge in [0, 0.05) is 12.8 Å². The highest BCUT2D eigenvalue weighted by atomic mass is 16.5. The third-order valence-corrected chi connectivity index (χ3v) is 11.3. The van der Waals surface area contributed by atoms with E-state index in [-0.39, 0.29) is 18.5 Å². The summed E-state index contributed by atoms with van der Waals surface area (Å²) in [5.41, 5.74) is 0. The number of rotatable bonds is 45. The monoisotopic (exact) mass is 778 g/mol. The molecule has 0 aliphatic heterocycles. The molecule has 0 radical (unpaired) electrons. The van der Waals surface area contributed by atoms with Gasteiger partial charge in [0.2, 0.25) is 5.91 Å². The smallest absolute Gasteiger partial charge is 0.305 e. The maximum atomic E-state index is 12.4. The summed E-state index contributed by atoms with van der Waals surface area (Å²) >= 11 is 0. The minimum Gasteiger partial charge on any atom is -0.466 e. The van der Waals surface area contributed by atoms with E-state index in [1.165, 1.54) is 173 Å². The number of allylic oxidation sites excluding steroid dienone is 2. The lowest BCUT2D eigenvalue weighted by Gasteiger charge is -2.22. The number of hydrogen-bond acceptors (Lipinski definition) is 5. The van der Waals surface area contributed by atoms with Crippen LogP contribution in [0.25, 0.3) is 0 Å². The number of carbonyl (C=O) groups is 2. The minimum absolute atomic E-state index is 0.0263. The van der Waals surface area contributed by atoms with Crippen molar-refractivity contribution in [3.05, 3.63) is 12.2 Å². The van der Waals surface area contributed by atoms with E-state index in [2.05, 4.69) is 31.3 Å². The number of esters is 1. The van der Waals surface area contributed by atoms with E-state index in [0.717, 1.165) is 57.8 Å². The molecule has 0 aliphatic carbocycles. The van der Waals surface area contributed by atoms with Crippen LogP contribution in [0.4, 0.5) is 0 Å². The molecule has 0 aromatic rings. The van der Waals surface area contributed by atoms with Crippen molar-refractivity contribution in [3.8, 4) is 0 Å². The molecule has 0 aromatic carbocycles. The Hall–Kier alpha value is -1.40. The van der Waals surface area contributed by atoms with Gasteiger partial charge >= 0.3 is 5.97 Å². The first-order valence-corrected chi connectivity index (χ1v) is 24.4.